The van der Waals surface area contributed by atoms with Crippen LogP contribution in [0.1, 0.15) is 57.8 Å². The minimum Gasteiger partial charge on any atom is -0.378 e. The maximum atomic E-state index is 6.07. The zero-order valence-electron chi connectivity index (χ0n) is 9.79. The SMILES string of the molecule is C1CCCC2CC(CC1)C1CCCOC21. The van der Waals surface area contributed by atoms with E-state index in [1.54, 1.807) is 0 Å². The highest BCUT2D eigenvalue weighted by Gasteiger charge is 2.44. The molecule has 4 unspecified atom stereocenters. The maximum absolute atomic E-state index is 6.07. The van der Waals surface area contributed by atoms with Gasteiger partial charge >= 0.3 is 0 Å². The first-order chi connectivity index (χ1) is 7.45. The first kappa shape index (κ1) is 10.1. The van der Waals surface area contributed by atoms with Crippen molar-refractivity contribution >= 4 is 0 Å². The molecule has 2 saturated carbocycles. The third kappa shape index (κ3) is 1.95. The molecule has 1 aliphatic heterocycles. The molecule has 3 aliphatic rings. The van der Waals surface area contributed by atoms with Gasteiger partial charge in [0.25, 0.3) is 0 Å². The summed E-state index contributed by atoms with van der Waals surface area (Å²) < 4.78 is 6.07. The molecule has 1 saturated heterocycles. The van der Waals surface area contributed by atoms with Crippen molar-refractivity contribution in [3.8, 4) is 0 Å². The highest BCUT2D eigenvalue weighted by atomic mass is 16.5. The number of hydrogen-bond acceptors (Lipinski definition) is 1. The van der Waals surface area contributed by atoms with E-state index >= 15 is 0 Å². The fraction of sp³-hybridized carbons (Fsp3) is 1.00. The van der Waals surface area contributed by atoms with Crippen LogP contribution in [-0.2, 0) is 4.74 Å². The third-order valence-corrected chi connectivity index (χ3v) is 4.99. The summed E-state index contributed by atoms with van der Waals surface area (Å²) in [5.41, 5.74) is 0. The zero-order valence-corrected chi connectivity index (χ0v) is 9.79. The van der Waals surface area contributed by atoms with Gasteiger partial charge in [0.1, 0.15) is 0 Å². The Kier molecular flexibility index (Phi) is 3.01. The first-order valence-electron chi connectivity index (χ1n) is 7.07. The van der Waals surface area contributed by atoms with E-state index in [0.29, 0.717) is 6.10 Å². The van der Waals surface area contributed by atoms with E-state index in [9.17, 15) is 0 Å². The molecule has 4 atom stereocenters. The Balaban J connectivity index is 1.74. The topological polar surface area (TPSA) is 9.23 Å². The molecule has 0 amide bonds. The molecule has 0 spiro atoms. The van der Waals surface area contributed by atoms with Crippen molar-refractivity contribution in [2.45, 2.75) is 63.9 Å². The first-order valence-corrected chi connectivity index (χ1v) is 7.07. The molecule has 15 heavy (non-hydrogen) atoms. The monoisotopic (exact) mass is 208 g/mol. The number of fused-ring (bicyclic) bond motifs is 5. The lowest BCUT2D eigenvalue weighted by molar-refractivity contribution is -0.0430. The number of ether oxygens (including phenoxy) is 1. The second-order valence-corrected chi connectivity index (χ2v) is 5.89. The highest BCUT2D eigenvalue weighted by molar-refractivity contribution is 4.93. The molecule has 0 radical (unpaired) electrons. The van der Waals surface area contributed by atoms with Crippen LogP contribution in [0.3, 0.4) is 0 Å². The largest absolute Gasteiger partial charge is 0.378 e. The van der Waals surface area contributed by atoms with Crippen molar-refractivity contribution in [1.82, 2.24) is 0 Å². The summed E-state index contributed by atoms with van der Waals surface area (Å²) in [6.07, 6.45) is 13.8. The van der Waals surface area contributed by atoms with Crippen LogP contribution in [-0.4, -0.2) is 12.7 Å². The molecule has 0 aromatic heterocycles. The predicted octanol–water partition coefficient (Wildman–Crippen LogP) is 3.77. The molecule has 0 aromatic rings. The van der Waals surface area contributed by atoms with Crippen LogP contribution in [0.2, 0.25) is 0 Å². The number of rotatable bonds is 0. The molecule has 2 bridgehead atoms. The van der Waals surface area contributed by atoms with Crippen LogP contribution in [0.4, 0.5) is 0 Å². The third-order valence-electron chi connectivity index (χ3n) is 4.99. The van der Waals surface area contributed by atoms with Gasteiger partial charge in [-0.05, 0) is 43.4 Å². The second-order valence-electron chi connectivity index (χ2n) is 5.89. The maximum Gasteiger partial charge on any atom is 0.0634 e. The average molecular weight is 208 g/mol. The zero-order chi connectivity index (χ0) is 10.1. The predicted molar refractivity (Wildman–Crippen MR) is 61.8 cm³/mol. The molecule has 86 valence electrons. The van der Waals surface area contributed by atoms with Crippen LogP contribution in [0.15, 0.2) is 0 Å². The Hall–Kier alpha value is -0.0400. The summed E-state index contributed by atoms with van der Waals surface area (Å²) in [6, 6.07) is 0. The van der Waals surface area contributed by atoms with Crippen molar-refractivity contribution in [1.29, 1.82) is 0 Å². The summed E-state index contributed by atoms with van der Waals surface area (Å²) in [5.74, 6) is 2.90. The van der Waals surface area contributed by atoms with Gasteiger partial charge < -0.3 is 4.74 Å². The van der Waals surface area contributed by atoms with Gasteiger partial charge in [-0.2, -0.15) is 0 Å². The standard InChI is InChI=1S/C14H24O/c1-2-4-7-12-10-11(6-3-1)13-8-5-9-15-14(12)13/h11-14H,1-10H2. The summed E-state index contributed by atoms with van der Waals surface area (Å²) >= 11 is 0. The highest BCUT2D eigenvalue weighted by Crippen LogP contribution is 2.48. The van der Waals surface area contributed by atoms with Gasteiger partial charge in [0, 0.05) is 6.61 Å². The van der Waals surface area contributed by atoms with Gasteiger partial charge in [-0.25, -0.2) is 0 Å². The van der Waals surface area contributed by atoms with Gasteiger partial charge in [0.15, 0.2) is 0 Å². The summed E-state index contributed by atoms with van der Waals surface area (Å²) in [6.45, 7) is 1.05. The van der Waals surface area contributed by atoms with Crippen molar-refractivity contribution in [3.63, 3.8) is 0 Å². The van der Waals surface area contributed by atoms with Crippen LogP contribution in [0.25, 0.3) is 0 Å². The van der Waals surface area contributed by atoms with Gasteiger partial charge in [-0.1, -0.05) is 32.1 Å². The number of hydrogen-bond donors (Lipinski definition) is 0. The Morgan fingerprint density at radius 3 is 2.40 bits per heavy atom. The molecule has 3 rings (SSSR count). The molecular weight excluding hydrogens is 184 g/mol. The molecule has 3 fully saturated rings. The lowest BCUT2D eigenvalue weighted by Gasteiger charge is -2.32. The summed E-state index contributed by atoms with van der Waals surface area (Å²) in [5, 5.41) is 0. The molecular formula is C14H24O. The molecule has 2 aliphatic carbocycles. The fourth-order valence-corrected chi connectivity index (χ4v) is 4.29. The van der Waals surface area contributed by atoms with Crippen molar-refractivity contribution in [3.05, 3.63) is 0 Å². The van der Waals surface area contributed by atoms with E-state index in [-0.39, 0.29) is 0 Å². The quantitative estimate of drug-likeness (QED) is 0.589. The van der Waals surface area contributed by atoms with E-state index in [1.165, 1.54) is 57.8 Å². The normalized spacial score (nSPS) is 46.4. The summed E-state index contributed by atoms with van der Waals surface area (Å²) in [7, 11) is 0. The Bertz CT molecular complexity index is 191. The molecule has 1 nitrogen and oxygen atoms in total. The molecule has 1 heterocycles. The van der Waals surface area contributed by atoms with Crippen molar-refractivity contribution in [2.24, 2.45) is 17.8 Å². The lowest BCUT2D eigenvalue weighted by Crippen LogP contribution is -2.31. The molecule has 1 heteroatoms. The van der Waals surface area contributed by atoms with Crippen molar-refractivity contribution < 1.29 is 4.74 Å². The van der Waals surface area contributed by atoms with Crippen molar-refractivity contribution in [2.75, 3.05) is 6.61 Å². The van der Waals surface area contributed by atoms with Crippen LogP contribution in [0, 0.1) is 17.8 Å². The minimum absolute atomic E-state index is 0.668. The van der Waals surface area contributed by atoms with Gasteiger partial charge in [-0.3, -0.25) is 0 Å². The van der Waals surface area contributed by atoms with E-state index in [2.05, 4.69) is 0 Å². The average Bonchev–Trinajstić information content (AvgIpc) is 2.68. The van der Waals surface area contributed by atoms with Crippen LogP contribution in [0.5, 0.6) is 0 Å². The smallest absolute Gasteiger partial charge is 0.0634 e. The fourth-order valence-electron chi connectivity index (χ4n) is 4.29. The minimum atomic E-state index is 0.668. The van der Waals surface area contributed by atoms with Gasteiger partial charge in [-0.15, -0.1) is 0 Å². The molecule has 0 N–H and O–H groups in total. The van der Waals surface area contributed by atoms with Gasteiger partial charge in [0.05, 0.1) is 6.10 Å². The Labute approximate surface area is 93.6 Å². The van der Waals surface area contributed by atoms with E-state index in [4.69, 9.17) is 4.74 Å². The van der Waals surface area contributed by atoms with Crippen LogP contribution < -0.4 is 0 Å². The lowest BCUT2D eigenvalue weighted by atomic mass is 9.84. The van der Waals surface area contributed by atoms with E-state index < -0.39 is 0 Å². The van der Waals surface area contributed by atoms with Gasteiger partial charge in [0.2, 0.25) is 0 Å². The Morgan fingerprint density at radius 1 is 0.733 bits per heavy atom. The van der Waals surface area contributed by atoms with E-state index in [0.717, 1.165) is 24.4 Å². The van der Waals surface area contributed by atoms with E-state index in [1.807, 2.05) is 0 Å². The Morgan fingerprint density at radius 2 is 1.53 bits per heavy atom. The van der Waals surface area contributed by atoms with Crippen LogP contribution >= 0.6 is 0 Å². The molecule has 0 aromatic carbocycles. The second kappa shape index (κ2) is 4.45. The summed E-state index contributed by atoms with van der Waals surface area (Å²) in [4.78, 5) is 0.